The van der Waals surface area contributed by atoms with Crippen molar-refractivity contribution in [1.82, 2.24) is 4.90 Å². The van der Waals surface area contributed by atoms with E-state index < -0.39 is 11.0 Å². The van der Waals surface area contributed by atoms with Gasteiger partial charge in [-0.1, -0.05) is 42.5 Å². The molecule has 3 rings (SSSR count). The van der Waals surface area contributed by atoms with Crippen LogP contribution >= 0.6 is 0 Å². The van der Waals surface area contributed by atoms with E-state index in [9.17, 15) is 13.2 Å². The zero-order chi connectivity index (χ0) is 20.8. The first-order valence-electron chi connectivity index (χ1n) is 9.22. The number of hydroxylamine groups is 1. The molecule has 154 valence electrons. The van der Waals surface area contributed by atoms with Gasteiger partial charge >= 0.3 is 0 Å². The number of hydrogen-bond donors (Lipinski definition) is 2. The summed E-state index contributed by atoms with van der Waals surface area (Å²) in [4.78, 5) is 18.6. The molecular weight excluding hydrogens is 392 g/mol. The summed E-state index contributed by atoms with van der Waals surface area (Å²) in [6, 6.07) is 16.7. The fraction of sp³-hybridized carbons (Fsp3) is 0.300. The van der Waals surface area contributed by atoms with E-state index in [4.69, 9.17) is 5.73 Å². The van der Waals surface area contributed by atoms with E-state index in [1.165, 1.54) is 12.1 Å². The molecule has 0 saturated carbocycles. The second kappa shape index (κ2) is 9.53. The van der Waals surface area contributed by atoms with E-state index >= 15 is 0 Å². The lowest BCUT2D eigenvalue weighted by atomic mass is 10.1. The van der Waals surface area contributed by atoms with Crippen LogP contribution in [0.25, 0.3) is 0 Å². The molecular formula is C20H24N4O4S. The Morgan fingerprint density at radius 3 is 2.52 bits per heavy atom. The van der Waals surface area contributed by atoms with Gasteiger partial charge in [-0.15, -0.1) is 0 Å². The summed E-state index contributed by atoms with van der Waals surface area (Å²) in [5.74, 6) is 0.528. The topological polar surface area (TPSA) is 105 Å². The molecule has 1 aliphatic rings. The van der Waals surface area contributed by atoms with E-state index in [2.05, 4.69) is 9.28 Å². The van der Waals surface area contributed by atoms with Gasteiger partial charge in [-0.25, -0.2) is 13.5 Å². The first-order valence-corrected chi connectivity index (χ1v) is 10.3. The third kappa shape index (κ3) is 5.55. The number of amidine groups is 1. The second-order valence-corrected chi connectivity index (χ2v) is 7.38. The highest BCUT2D eigenvalue weighted by molar-refractivity contribution is 7.67. The number of amides is 1. The van der Waals surface area contributed by atoms with Crippen LogP contribution in [0.15, 0.2) is 59.6 Å². The van der Waals surface area contributed by atoms with Crippen molar-refractivity contribution in [1.29, 1.82) is 0 Å². The third-order valence-corrected chi connectivity index (χ3v) is 5.18. The van der Waals surface area contributed by atoms with Gasteiger partial charge in [-0.2, -0.15) is 4.28 Å². The van der Waals surface area contributed by atoms with E-state index in [0.29, 0.717) is 37.5 Å². The summed E-state index contributed by atoms with van der Waals surface area (Å²) in [6.07, 6.45) is 1.13. The van der Waals surface area contributed by atoms with E-state index in [-0.39, 0.29) is 11.9 Å². The molecule has 0 radical (unpaired) electrons. The fourth-order valence-electron chi connectivity index (χ4n) is 3.27. The van der Waals surface area contributed by atoms with Crippen molar-refractivity contribution in [3.8, 4) is 0 Å². The number of carbonyl (C=O) groups is 1. The normalized spacial score (nSPS) is 17.2. The standard InChI is InChI=1S/C20H24N4O4S/c1-23(28-29(26)27)17-9-7-15(8-10-17)13-22-20(21)18-11-12-19(25)24(18)14-16-5-3-2-4-6-16/h2-10,18,29H,11-14H2,1H3,(H2,21,22)/t18-/m0/s1. The Hall–Kier alpha value is -2.91. The summed E-state index contributed by atoms with van der Waals surface area (Å²) in [5, 5.41) is 1.17. The molecule has 1 saturated heterocycles. The number of nitrogens with zero attached hydrogens (tertiary/aromatic N) is 3. The zero-order valence-electron chi connectivity index (χ0n) is 16.1. The smallest absolute Gasteiger partial charge is 0.277 e. The number of hydrogen-bond acceptors (Lipinski definition) is 6. The average Bonchev–Trinajstić information content (AvgIpc) is 3.07. The summed E-state index contributed by atoms with van der Waals surface area (Å²) in [6.45, 7) is 0.889. The number of nitrogens with two attached hydrogens (primary N) is 1. The van der Waals surface area contributed by atoms with Crippen LogP contribution in [0.5, 0.6) is 0 Å². The molecule has 1 aliphatic heterocycles. The van der Waals surface area contributed by atoms with Crippen LogP contribution in [-0.4, -0.2) is 38.2 Å². The molecule has 2 aromatic carbocycles. The Balaban J connectivity index is 1.64. The minimum Gasteiger partial charge on any atom is -0.386 e. The molecule has 1 amide bonds. The van der Waals surface area contributed by atoms with Crippen molar-refractivity contribution >= 4 is 28.4 Å². The van der Waals surface area contributed by atoms with Gasteiger partial charge in [-0.3, -0.25) is 9.79 Å². The van der Waals surface area contributed by atoms with Crippen molar-refractivity contribution < 1.29 is 17.5 Å². The highest BCUT2D eigenvalue weighted by Gasteiger charge is 2.33. The summed E-state index contributed by atoms with van der Waals surface area (Å²) in [7, 11) is -1.45. The Labute approximate surface area is 171 Å². The van der Waals surface area contributed by atoms with Crippen molar-refractivity contribution in [2.75, 3.05) is 12.1 Å². The minimum atomic E-state index is -2.96. The maximum absolute atomic E-state index is 12.3. The molecule has 8 nitrogen and oxygen atoms in total. The van der Waals surface area contributed by atoms with Crippen LogP contribution in [-0.2, 0) is 33.2 Å². The lowest BCUT2D eigenvalue weighted by molar-refractivity contribution is -0.128. The fourth-order valence-corrected chi connectivity index (χ4v) is 3.56. The SMILES string of the molecule is CN(O[SH](=O)=O)c1ccc(CN=C(N)[C@@H]2CCC(=O)N2Cc2ccccc2)cc1. The minimum absolute atomic E-state index is 0.0844. The van der Waals surface area contributed by atoms with Crippen LogP contribution < -0.4 is 10.8 Å². The van der Waals surface area contributed by atoms with Crippen LogP contribution in [0.3, 0.4) is 0 Å². The molecule has 0 bridgehead atoms. The zero-order valence-corrected chi connectivity index (χ0v) is 17.0. The summed E-state index contributed by atoms with van der Waals surface area (Å²) in [5.41, 5.74) is 8.79. The molecule has 0 aromatic heterocycles. The van der Waals surface area contributed by atoms with Gasteiger partial charge in [0.1, 0.15) is 5.84 Å². The molecule has 1 fully saturated rings. The molecule has 0 aliphatic carbocycles. The molecule has 0 spiro atoms. The lowest BCUT2D eigenvalue weighted by Crippen LogP contribution is -2.42. The highest BCUT2D eigenvalue weighted by Crippen LogP contribution is 2.22. The second-order valence-electron chi connectivity index (χ2n) is 6.77. The van der Waals surface area contributed by atoms with Crippen molar-refractivity contribution in [3.05, 3.63) is 65.7 Å². The monoisotopic (exact) mass is 416 g/mol. The summed E-state index contributed by atoms with van der Waals surface area (Å²) < 4.78 is 25.9. The number of aliphatic imine (C=N–C) groups is 1. The van der Waals surface area contributed by atoms with Gasteiger partial charge in [0.05, 0.1) is 18.3 Å². The van der Waals surface area contributed by atoms with Crippen molar-refractivity contribution in [2.45, 2.75) is 32.0 Å². The van der Waals surface area contributed by atoms with Gasteiger partial charge in [0.25, 0.3) is 11.0 Å². The van der Waals surface area contributed by atoms with Crippen molar-refractivity contribution in [2.24, 2.45) is 10.7 Å². The molecule has 2 aromatic rings. The van der Waals surface area contributed by atoms with Crippen LogP contribution in [0, 0.1) is 0 Å². The molecule has 9 heteroatoms. The van der Waals surface area contributed by atoms with E-state index in [1.54, 1.807) is 17.0 Å². The predicted molar refractivity (Wildman–Crippen MR) is 112 cm³/mol. The molecule has 1 atom stereocenters. The molecule has 0 unspecified atom stereocenters. The van der Waals surface area contributed by atoms with E-state index in [1.807, 2.05) is 42.5 Å². The average molecular weight is 417 g/mol. The number of anilines is 1. The maximum Gasteiger partial charge on any atom is 0.277 e. The number of benzene rings is 2. The first kappa shape index (κ1) is 20.8. The quantitative estimate of drug-likeness (QED) is 0.293. The number of thiol groups is 1. The molecule has 2 N–H and O–H groups in total. The van der Waals surface area contributed by atoms with Gasteiger partial charge in [-0.05, 0) is 29.7 Å². The predicted octanol–water partition coefficient (Wildman–Crippen LogP) is 1.63. The lowest BCUT2D eigenvalue weighted by Gasteiger charge is -2.24. The Morgan fingerprint density at radius 1 is 1.17 bits per heavy atom. The number of likely N-dealkylation sites (tertiary alicyclic amines) is 1. The first-order chi connectivity index (χ1) is 13.9. The largest absolute Gasteiger partial charge is 0.386 e. The van der Waals surface area contributed by atoms with Gasteiger partial charge in [0, 0.05) is 20.0 Å². The summed E-state index contributed by atoms with van der Waals surface area (Å²) >= 11 is 0. The van der Waals surface area contributed by atoms with Gasteiger partial charge in [0.2, 0.25) is 5.91 Å². The Morgan fingerprint density at radius 2 is 1.86 bits per heavy atom. The number of carbonyl (C=O) groups excluding carboxylic acids is 1. The highest BCUT2D eigenvalue weighted by atomic mass is 32.2. The maximum atomic E-state index is 12.3. The van der Waals surface area contributed by atoms with Crippen LogP contribution in [0.2, 0.25) is 0 Å². The Bertz CT molecular complexity index is 937. The molecule has 29 heavy (non-hydrogen) atoms. The van der Waals surface area contributed by atoms with E-state index in [0.717, 1.165) is 11.1 Å². The Kier molecular flexibility index (Phi) is 6.84. The van der Waals surface area contributed by atoms with Crippen LogP contribution in [0.4, 0.5) is 5.69 Å². The molecule has 1 heterocycles. The third-order valence-electron chi connectivity index (χ3n) is 4.80. The van der Waals surface area contributed by atoms with Gasteiger partial charge in [0.15, 0.2) is 0 Å². The van der Waals surface area contributed by atoms with Gasteiger partial charge < -0.3 is 10.6 Å². The van der Waals surface area contributed by atoms with Crippen molar-refractivity contribution in [3.63, 3.8) is 0 Å². The van der Waals surface area contributed by atoms with Crippen LogP contribution in [0.1, 0.15) is 24.0 Å². The number of rotatable bonds is 8.